The van der Waals surface area contributed by atoms with Crippen LogP contribution in [0.4, 0.5) is 0 Å². The molecule has 2 heterocycles. The van der Waals surface area contributed by atoms with Crippen molar-refractivity contribution < 1.29 is 9.53 Å². The first kappa shape index (κ1) is 16.9. The summed E-state index contributed by atoms with van der Waals surface area (Å²) in [6.07, 6.45) is -0.706. The van der Waals surface area contributed by atoms with Crippen LogP contribution < -0.4 is 5.56 Å². The third kappa shape index (κ3) is 3.17. The maximum Gasteiger partial charge on any atom is 0.339 e. The van der Waals surface area contributed by atoms with E-state index >= 15 is 0 Å². The van der Waals surface area contributed by atoms with Crippen LogP contribution in [0.1, 0.15) is 34.9 Å². The summed E-state index contributed by atoms with van der Waals surface area (Å²) in [6, 6.07) is 16.1. The van der Waals surface area contributed by atoms with E-state index in [2.05, 4.69) is 15.0 Å². The molecule has 0 bridgehead atoms. The number of nitrogens with zero attached hydrogens (tertiary/aromatic N) is 2. The molecule has 134 valence electrons. The predicted octanol–water partition coefficient (Wildman–Crippen LogP) is 3.70. The maximum absolute atomic E-state index is 12.8. The van der Waals surface area contributed by atoms with Crippen LogP contribution in [0, 0.1) is 6.92 Å². The highest BCUT2D eigenvalue weighted by atomic mass is 16.5. The molecule has 0 saturated carbocycles. The van der Waals surface area contributed by atoms with Crippen molar-refractivity contribution in [3.63, 3.8) is 0 Å². The van der Waals surface area contributed by atoms with Gasteiger partial charge < -0.3 is 9.72 Å². The highest BCUT2D eigenvalue weighted by Crippen LogP contribution is 2.22. The summed E-state index contributed by atoms with van der Waals surface area (Å²) >= 11 is 0. The number of aromatic nitrogens is 3. The molecule has 2 aromatic heterocycles. The Bertz CT molecular complexity index is 1230. The molecule has 4 rings (SSSR count). The number of pyridine rings is 1. The van der Waals surface area contributed by atoms with Gasteiger partial charge in [-0.05, 0) is 38.1 Å². The number of nitrogens with one attached hydrogen (secondary N) is 1. The number of H-pyrrole nitrogens is 1. The quantitative estimate of drug-likeness (QED) is 0.564. The van der Waals surface area contributed by atoms with Crippen LogP contribution in [-0.2, 0) is 4.74 Å². The Morgan fingerprint density at radius 1 is 1.00 bits per heavy atom. The van der Waals surface area contributed by atoms with Crippen LogP contribution in [0.25, 0.3) is 21.8 Å². The number of aromatic amines is 1. The van der Waals surface area contributed by atoms with Crippen LogP contribution in [0.5, 0.6) is 0 Å². The fourth-order valence-corrected chi connectivity index (χ4v) is 3.05. The van der Waals surface area contributed by atoms with Gasteiger partial charge in [0.1, 0.15) is 0 Å². The molecule has 0 amide bonds. The minimum atomic E-state index is -0.706. The van der Waals surface area contributed by atoms with Crippen LogP contribution in [0.15, 0.2) is 59.4 Å². The van der Waals surface area contributed by atoms with E-state index in [9.17, 15) is 9.59 Å². The first-order valence-corrected chi connectivity index (χ1v) is 8.59. The Morgan fingerprint density at radius 2 is 1.63 bits per heavy atom. The summed E-state index contributed by atoms with van der Waals surface area (Å²) in [5.74, 6) is -0.179. The zero-order chi connectivity index (χ0) is 19.0. The lowest BCUT2D eigenvalue weighted by Crippen LogP contribution is -2.17. The minimum absolute atomic E-state index is 0.260. The molecule has 2 aromatic carbocycles. The number of hydrogen-bond donors (Lipinski definition) is 1. The molecule has 0 aliphatic heterocycles. The number of carbonyl (C=O) groups is 1. The van der Waals surface area contributed by atoms with E-state index in [-0.39, 0.29) is 5.56 Å². The van der Waals surface area contributed by atoms with Crippen LogP contribution in [0.3, 0.4) is 0 Å². The van der Waals surface area contributed by atoms with Crippen molar-refractivity contribution in [2.45, 2.75) is 20.0 Å². The second-order valence-electron chi connectivity index (χ2n) is 6.34. The molecule has 6 nitrogen and oxygen atoms in total. The molecule has 1 N–H and O–H groups in total. The fourth-order valence-electron chi connectivity index (χ4n) is 3.05. The van der Waals surface area contributed by atoms with E-state index < -0.39 is 12.1 Å². The normalized spacial score (nSPS) is 12.2. The van der Waals surface area contributed by atoms with E-state index in [0.717, 1.165) is 16.6 Å². The summed E-state index contributed by atoms with van der Waals surface area (Å²) in [6.45, 7) is 3.51. The molecular weight excluding hydrogens is 342 g/mol. The van der Waals surface area contributed by atoms with Crippen molar-refractivity contribution in [1.29, 1.82) is 0 Å². The van der Waals surface area contributed by atoms with Gasteiger partial charge in [0.05, 0.1) is 22.0 Å². The lowest BCUT2D eigenvalue weighted by Gasteiger charge is -2.14. The van der Waals surface area contributed by atoms with E-state index in [1.54, 1.807) is 37.3 Å². The smallest absolute Gasteiger partial charge is 0.339 e. The topological polar surface area (TPSA) is 84.9 Å². The highest BCUT2D eigenvalue weighted by Gasteiger charge is 2.19. The Morgan fingerprint density at radius 3 is 2.37 bits per heavy atom. The molecule has 27 heavy (non-hydrogen) atoms. The lowest BCUT2D eigenvalue weighted by atomic mass is 10.1. The Labute approximate surface area is 154 Å². The second-order valence-corrected chi connectivity index (χ2v) is 6.34. The number of para-hydroxylation sites is 2. The van der Waals surface area contributed by atoms with Gasteiger partial charge in [0.25, 0.3) is 5.56 Å². The number of aryl methyl sites for hydroxylation is 1. The number of rotatable bonds is 3. The van der Waals surface area contributed by atoms with Crippen LogP contribution >= 0.6 is 0 Å². The maximum atomic E-state index is 12.8. The summed E-state index contributed by atoms with van der Waals surface area (Å²) in [5, 5.41) is 1.22. The molecule has 0 unspecified atom stereocenters. The third-order valence-electron chi connectivity index (χ3n) is 4.36. The molecule has 0 aliphatic rings. The first-order chi connectivity index (χ1) is 13.0. The number of ether oxygens (including phenoxy) is 1. The van der Waals surface area contributed by atoms with Crippen molar-refractivity contribution in [1.82, 2.24) is 15.0 Å². The van der Waals surface area contributed by atoms with Gasteiger partial charge in [-0.1, -0.05) is 30.3 Å². The molecule has 0 saturated heterocycles. The molecule has 4 aromatic rings. The monoisotopic (exact) mass is 359 g/mol. The summed E-state index contributed by atoms with van der Waals surface area (Å²) in [7, 11) is 0. The van der Waals surface area contributed by atoms with Crippen molar-refractivity contribution in [3.05, 3.63) is 82.0 Å². The predicted molar refractivity (Wildman–Crippen MR) is 103 cm³/mol. The van der Waals surface area contributed by atoms with Gasteiger partial charge in [-0.15, -0.1) is 0 Å². The first-order valence-electron chi connectivity index (χ1n) is 8.59. The van der Waals surface area contributed by atoms with Gasteiger partial charge in [-0.3, -0.25) is 9.78 Å². The number of benzene rings is 2. The van der Waals surface area contributed by atoms with E-state index in [1.165, 1.54) is 0 Å². The number of esters is 1. The minimum Gasteiger partial charge on any atom is -0.451 e. The summed E-state index contributed by atoms with van der Waals surface area (Å²) in [4.78, 5) is 36.6. The average molecular weight is 359 g/mol. The van der Waals surface area contributed by atoms with Crippen molar-refractivity contribution in [2.75, 3.05) is 0 Å². The number of hydrogen-bond acceptors (Lipinski definition) is 5. The molecule has 0 fully saturated rings. The molecule has 6 heteroatoms. The van der Waals surface area contributed by atoms with Gasteiger partial charge >= 0.3 is 5.97 Å². The fraction of sp³-hybridized carbons (Fsp3) is 0.143. The van der Waals surface area contributed by atoms with Gasteiger partial charge in [-0.2, -0.15) is 0 Å². The van der Waals surface area contributed by atoms with Crippen LogP contribution in [0.2, 0.25) is 0 Å². The van der Waals surface area contributed by atoms with Crippen molar-refractivity contribution >= 4 is 27.8 Å². The SMILES string of the molecule is Cc1cc(C(=O)O[C@H](C)c2nc3ccccc3c(=O)[nH]2)c2ccccc2n1. The van der Waals surface area contributed by atoms with E-state index in [4.69, 9.17) is 4.74 Å². The molecule has 0 aliphatic carbocycles. The van der Waals surface area contributed by atoms with Crippen LogP contribution in [-0.4, -0.2) is 20.9 Å². The van der Waals surface area contributed by atoms with Gasteiger partial charge in [0, 0.05) is 11.1 Å². The molecule has 0 radical (unpaired) electrons. The van der Waals surface area contributed by atoms with Crippen molar-refractivity contribution in [3.8, 4) is 0 Å². The molecule has 1 atom stereocenters. The zero-order valence-electron chi connectivity index (χ0n) is 14.9. The Balaban J connectivity index is 1.69. The number of carbonyl (C=O) groups excluding carboxylic acids is 1. The summed E-state index contributed by atoms with van der Waals surface area (Å²) in [5.41, 5.74) is 2.20. The van der Waals surface area contributed by atoms with Crippen molar-refractivity contribution in [2.24, 2.45) is 0 Å². The Hall–Kier alpha value is -3.54. The van der Waals surface area contributed by atoms with E-state index in [0.29, 0.717) is 22.3 Å². The zero-order valence-corrected chi connectivity index (χ0v) is 14.9. The van der Waals surface area contributed by atoms with E-state index in [1.807, 2.05) is 31.2 Å². The average Bonchev–Trinajstić information content (AvgIpc) is 2.67. The highest BCUT2D eigenvalue weighted by molar-refractivity contribution is 6.03. The third-order valence-corrected chi connectivity index (χ3v) is 4.36. The number of fused-ring (bicyclic) bond motifs is 2. The second kappa shape index (κ2) is 6.64. The summed E-state index contributed by atoms with van der Waals surface area (Å²) < 4.78 is 5.59. The standard InChI is InChI=1S/C21H17N3O3/c1-12-11-16(14-7-3-5-9-17(14)22-12)21(26)27-13(2)19-23-18-10-6-4-8-15(18)20(25)24-19/h3-11,13H,1-2H3,(H,23,24,25)/t13-/m1/s1. The lowest BCUT2D eigenvalue weighted by molar-refractivity contribution is 0.0322. The molecule has 0 spiro atoms. The van der Waals surface area contributed by atoms with Gasteiger partial charge in [-0.25, -0.2) is 9.78 Å². The van der Waals surface area contributed by atoms with Gasteiger partial charge in [0.15, 0.2) is 11.9 Å². The van der Waals surface area contributed by atoms with Gasteiger partial charge in [0.2, 0.25) is 0 Å². The Kier molecular flexibility index (Phi) is 4.16. The molecular formula is C21H17N3O3. The largest absolute Gasteiger partial charge is 0.451 e.